The molecule has 1 unspecified atom stereocenters. The van der Waals surface area contributed by atoms with Gasteiger partial charge in [-0.2, -0.15) is 0 Å². The quantitative estimate of drug-likeness (QED) is 0.575. The molecule has 0 aromatic carbocycles. The van der Waals surface area contributed by atoms with Crippen LogP contribution in [0.15, 0.2) is 0 Å². The summed E-state index contributed by atoms with van der Waals surface area (Å²) in [5, 5.41) is 0. The van der Waals surface area contributed by atoms with Crippen molar-refractivity contribution in [1.29, 1.82) is 0 Å². The van der Waals surface area contributed by atoms with Gasteiger partial charge in [0.2, 0.25) is 0 Å². The highest BCUT2D eigenvalue weighted by atomic mass is 31.1. The first-order chi connectivity index (χ1) is 4.30. The molecule has 2 nitrogen and oxygen atoms in total. The van der Waals surface area contributed by atoms with E-state index in [1.165, 1.54) is 6.42 Å². The second-order valence-electron chi connectivity index (χ2n) is 2.67. The van der Waals surface area contributed by atoms with E-state index >= 15 is 0 Å². The van der Waals surface area contributed by atoms with Crippen LogP contribution < -0.4 is 0 Å². The standard InChI is InChI=1S/C6H13O2P/c7-9(8)6-4-2-1-3-5-6/h6,9H,1-5H2,(H,7,8). The lowest BCUT2D eigenvalue weighted by Crippen LogP contribution is -2.06. The van der Waals surface area contributed by atoms with Crippen molar-refractivity contribution in [2.45, 2.75) is 37.8 Å². The first-order valence-corrected chi connectivity index (χ1v) is 4.97. The number of rotatable bonds is 1. The zero-order valence-electron chi connectivity index (χ0n) is 5.47. The van der Waals surface area contributed by atoms with Gasteiger partial charge < -0.3 is 4.89 Å². The van der Waals surface area contributed by atoms with E-state index in [9.17, 15) is 4.57 Å². The first kappa shape index (κ1) is 7.30. The Labute approximate surface area is 56.1 Å². The topological polar surface area (TPSA) is 37.3 Å². The Balaban J connectivity index is 2.31. The molecule has 1 aliphatic carbocycles. The second kappa shape index (κ2) is 3.38. The Morgan fingerprint density at radius 2 is 1.78 bits per heavy atom. The maximum Gasteiger partial charge on any atom is 0.192 e. The summed E-state index contributed by atoms with van der Waals surface area (Å²) in [5.74, 6) is 0. The summed E-state index contributed by atoms with van der Waals surface area (Å²) in [4.78, 5) is 8.72. The minimum atomic E-state index is -2.19. The molecule has 1 N–H and O–H groups in total. The molecule has 1 fully saturated rings. The fraction of sp³-hybridized carbons (Fsp3) is 1.00. The normalized spacial score (nSPS) is 25.9. The van der Waals surface area contributed by atoms with E-state index in [0.29, 0.717) is 0 Å². The Hall–Kier alpha value is 0.190. The lowest BCUT2D eigenvalue weighted by Gasteiger charge is -2.17. The Morgan fingerprint density at radius 1 is 1.22 bits per heavy atom. The van der Waals surface area contributed by atoms with Crippen LogP contribution in [-0.2, 0) is 4.57 Å². The summed E-state index contributed by atoms with van der Waals surface area (Å²) in [6.45, 7) is 0. The van der Waals surface area contributed by atoms with E-state index in [4.69, 9.17) is 4.89 Å². The summed E-state index contributed by atoms with van der Waals surface area (Å²) >= 11 is 0. The lowest BCUT2D eigenvalue weighted by atomic mass is 10.0. The van der Waals surface area contributed by atoms with Crippen LogP contribution in [0.1, 0.15) is 32.1 Å². The van der Waals surface area contributed by atoms with Gasteiger partial charge in [0.1, 0.15) is 0 Å². The van der Waals surface area contributed by atoms with Crippen LogP contribution in [0.2, 0.25) is 0 Å². The fourth-order valence-corrected chi connectivity index (χ4v) is 2.25. The monoisotopic (exact) mass is 148 g/mol. The summed E-state index contributed by atoms with van der Waals surface area (Å²) < 4.78 is 10.5. The molecule has 1 atom stereocenters. The van der Waals surface area contributed by atoms with Gasteiger partial charge in [0.25, 0.3) is 0 Å². The van der Waals surface area contributed by atoms with Crippen molar-refractivity contribution >= 4 is 8.03 Å². The third-order valence-electron chi connectivity index (χ3n) is 1.95. The van der Waals surface area contributed by atoms with E-state index in [2.05, 4.69) is 0 Å². The van der Waals surface area contributed by atoms with Gasteiger partial charge in [0, 0.05) is 5.66 Å². The SMILES string of the molecule is O=[PH](O)C1CCCCC1. The minimum Gasteiger partial charge on any atom is -0.346 e. The molecule has 0 aromatic heterocycles. The summed E-state index contributed by atoms with van der Waals surface area (Å²) in [5.41, 5.74) is 0.156. The molecule has 9 heavy (non-hydrogen) atoms. The van der Waals surface area contributed by atoms with Crippen molar-refractivity contribution in [2.75, 3.05) is 0 Å². The van der Waals surface area contributed by atoms with Crippen molar-refractivity contribution in [2.24, 2.45) is 0 Å². The van der Waals surface area contributed by atoms with E-state index in [1.54, 1.807) is 0 Å². The molecule has 1 aliphatic rings. The van der Waals surface area contributed by atoms with Crippen molar-refractivity contribution in [3.05, 3.63) is 0 Å². The van der Waals surface area contributed by atoms with Gasteiger partial charge in [-0.15, -0.1) is 0 Å². The van der Waals surface area contributed by atoms with Gasteiger partial charge in [0.15, 0.2) is 8.03 Å². The Morgan fingerprint density at radius 3 is 2.11 bits per heavy atom. The summed E-state index contributed by atoms with van der Waals surface area (Å²) in [6.07, 6.45) is 5.53. The number of hydrogen-bond acceptors (Lipinski definition) is 1. The average Bonchev–Trinajstić information content (AvgIpc) is 1.90. The molecule has 0 spiro atoms. The Bertz CT molecular complexity index is 108. The van der Waals surface area contributed by atoms with Gasteiger partial charge in [-0.3, -0.25) is 4.57 Å². The predicted octanol–water partition coefficient (Wildman–Crippen LogP) is 1.79. The highest BCUT2D eigenvalue weighted by Crippen LogP contribution is 2.34. The third-order valence-corrected chi connectivity index (χ3v) is 3.23. The molecule has 0 aromatic rings. The maximum absolute atomic E-state index is 10.5. The molecule has 0 radical (unpaired) electrons. The highest BCUT2D eigenvalue weighted by molar-refractivity contribution is 7.38. The average molecular weight is 148 g/mol. The molecule has 3 heteroatoms. The number of hydrogen-bond donors (Lipinski definition) is 1. The molecule has 1 rings (SSSR count). The smallest absolute Gasteiger partial charge is 0.192 e. The molecule has 0 heterocycles. The lowest BCUT2D eigenvalue weighted by molar-refractivity contribution is 0.442. The highest BCUT2D eigenvalue weighted by Gasteiger charge is 2.16. The van der Waals surface area contributed by atoms with E-state index in [-0.39, 0.29) is 5.66 Å². The van der Waals surface area contributed by atoms with Crippen LogP contribution in [0.25, 0.3) is 0 Å². The van der Waals surface area contributed by atoms with Crippen LogP contribution in [0, 0.1) is 0 Å². The minimum absolute atomic E-state index is 0.156. The molecule has 1 saturated carbocycles. The van der Waals surface area contributed by atoms with Crippen molar-refractivity contribution in [3.63, 3.8) is 0 Å². The van der Waals surface area contributed by atoms with Crippen LogP contribution in [0.5, 0.6) is 0 Å². The summed E-state index contributed by atoms with van der Waals surface area (Å²) in [7, 11) is -2.19. The first-order valence-electron chi connectivity index (χ1n) is 3.53. The molecule has 0 saturated heterocycles. The van der Waals surface area contributed by atoms with Crippen molar-refractivity contribution < 1.29 is 9.46 Å². The molecular formula is C6H13O2P. The molecule has 0 amide bonds. The van der Waals surface area contributed by atoms with E-state index in [1.807, 2.05) is 0 Å². The largest absolute Gasteiger partial charge is 0.346 e. The maximum atomic E-state index is 10.5. The van der Waals surface area contributed by atoms with Crippen LogP contribution in [0.3, 0.4) is 0 Å². The van der Waals surface area contributed by atoms with Gasteiger partial charge >= 0.3 is 0 Å². The van der Waals surface area contributed by atoms with Crippen molar-refractivity contribution in [3.8, 4) is 0 Å². The predicted molar refractivity (Wildman–Crippen MR) is 38.1 cm³/mol. The molecular weight excluding hydrogens is 135 g/mol. The zero-order chi connectivity index (χ0) is 6.69. The second-order valence-corrected chi connectivity index (χ2v) is 4.17. The van der Waals surface area contributed by atoms with E-state index in [0.717, 1.165) is 25.7 Å². The van der Waals surface area contributed by atoms with Crippen LogP contribution in [0.4, 0.5) is 0 Å². The van der Waals surface area contributed by atoms with Crippen LogP contribution >= 0.6 is 8.03 Å². The Kier molecular flexibility index (Phi) is 2.74. The van der Waals surface area contributed by atoms with Crippen LogP contribution in [-0.4, -0.2) is 10.6 Å². The third kappa shape index (κ3) is 2.11. The summed E-state index contributed by atoms with van der Waals surface area (Å²) in [6, 6.07) is 0. The molecule has 0 bridgehead atoms. The molecule has 54 valence electrons. The van der Waals surface area contributed by atoms with Gasteiger partial charge in [-0.1, -0.05) is 19.3 Å². The zero-order valence-corrected chi connectivity index (χ0v) is 6.47. The molecule has 0 aliphatic heterocycles. The van der Waals surface area contributed by atoms with E-state index < -0.39 is 8.03 Å². The van der Waals surface area contributed by atoms with Gasteiger partial charge in [-0.05, 0) is 12.8 Å². The van der Waals surface area contributed by atoms with Gasteiger partial charge in [0.05, 0.1) is 0 Å². The fourth-order valence-electron chi connectivity index (χ4n) is 1.35. The van der Waals surface area contributed by atoms with Crippen molar-refractivity contribution in [1.82, 2.24) is 0 Å². The van der Waals surface area contributed by atoms with Gasteiger partial charge in [-0.25, -0.2) is 0 Å².